The fourth-order valence-electron chi connectivity index (χ4n) is 3.37. The van der Waals surface area contributed by atoms with Gasteiger partial charge < -0.3 is 14.6 Å². The van der Waals surface area contributed by atoms with Crippen LogP contribution in [0.1, 0.15) is 25.7 Å². The lowest BCUT2D eigenvalue weighted by Gasteiger charge is -2.40. The molecule has 3 fully saturated rings. The van der Waals surface area contributed by atoms with Crippen LogP contribution in [0, 0.1) is 11.8 Å². The van der Waals surface area contributed by atoms with Crippen LogP contribution < -0.4 is 0 Å². The minimum absolute atomic E-state index is 0.115. The Labute approximate surface area is 78.0 Å². The van der Waals surface area contributed by atoms with Crippen molar-refractivity contribution in [2.45, 2.75) is 37.6 Å². The van der Waals surface area contributed by atoms with E-state index < -0.39 is 0 Å². The van der Waals surface area contributed by atoms with Crippen molar-refractivity contribution in [2.75, 3.05) is 13.2 Å². The molecule has 2 bridgehead atoms. The largest absolute Gasteiger partial charge is 0.393 e. The quantitative estimate of drug-likeness (QED) is 0.608. The molecule has 3 rings (SSSR count). The minimum Gasteiger partial charge on any atom is -0.393 e. The summed E-state index contributed by atoms with van der Waals surface area (Å²) in [7, 11) is 0. The predicted molar refractivity (Wildman–Crippen MR) is 46.1 cm³/mol. The summed E-state index contributed by atoms with van der Waals surface area (Å²) >= 11 is 0. The van der Waals surface area contributed by atoms with E-state index in [-0.39, 0.29) is 11.9 Å². The van der Waals surface area contributed by atoms with Crippen LogP contribution in [-0.2, 0) is 9.47 Å². The lowest BCUT2D eigenvalue weighted by atomic mass is 9.81. The summed E-state index contributed by atoms with van der Waals surface area (Å²) < 4.78 is 11.6. The minimum atomic E-state index is -0.279. The van der Waals surface area contributed by atoms with E-state index in [1.165, 1.54) is 12.8 Å². The Hall–Kier alpha value is -0.120. The summed E-state index contributed by atoms with van der Waals surface area (Å²) in [6, 6.07) is 0. The van der Waals surface area contributed by atoms with Crippen molar-refractivity contribution in [3.8, 4) is 0 Å². The molecule has 2 atom stereocenters. The van der Waals surface area contributed by atoms with Crippen molar-refractivity contribution >= 4 is 0 Å². The van der Waals surface area contributed by atoms with Gasteiger partial charge in [0.2, 0.25) is 0 Å². The van der Waals surface area contributed by atoms with Crippen molar-refractivity contribution in [3.05, 3.63) is 0 Å². The average molecular weight is 184 g/mol. The lowest BCUT2D eigenvalue weighted by molar-refractivity contribution is -0.233. The van der Waals surface area contributed by atoms with Gasteiger partial charge in [0.15, 0.2) is 5.79 Å². The number of aliphatic hydroxyl groups is 1. The van der Waals surface area contributed by atoms with Crippen LogP contribution in [0.4, 0.5) is 0 Å². The maximum atomic E-state index is 9.62. The van der Waals surface area contributed by atoms with Crippen LogP contribution in [0.3, 0.4) is 0 Å². The Morgan fingerprint density at radius 3 is 2.08 bits per heavy atom. The molecule has 3 aliphatic rings. The maximum Gasteiger partial charge on any atom is 0.174 e. The summed E-state index contributed by atoms with van der Waals surface area (Å²) in [5, 5.41) is 9.62. The van der Waals surface area contributed by atoms with Crippen molar-refractivity contribution in [3.63, 3.8) is 0 Å². The van der Waals surface area contributed by atoms with Gasteiger partial charge >= 0.3 is 0 Å². The highest BCUT2D eigenvalue weighted by Crippen LogP contribution is 2.53. The summed E-state index contributed by atoms with van der Waals surface area (Å²) in [6.45, 7) is 1.48. The molecule has 2 aliphatic carbocycles. The van der Waals surface area contributed by atoms with Crippen molar-refractivity contribution in [2.24, 2.45) is 11.8 Å². The zero-order valence-electron chi connectivity index (χ0n) is 7.74. The number of hydrogen-bond donors (Lipinski definition) is 1. The summed E-state index contributed by atoms with van der Waals surface area (Å²) in [5.41, 5.74) is 0. The van der Waals surface area contributed by atoms with E-state index in [4.69, 9.17) is 9.47 Å². The second-order valence-corrected chi connectivity index (χ2v) is 4.51. The van der Waals surface area contributed by atoms with E-state index in [0.717, 1.165) is 26.1 Å². The van der Waals surface area contributed by atoms with Gasteiger partial charge in [-0.3, -0.25) is 0 Å². The molecular formula is C10H16O3. The first kappa shape index (κ1) is 8.21. The average Bonchev–Trinajstić information content (AvgIpc) is 2.63. The lowest BCUT2D eigenvalue weighted by Crippen LogP contribution is -2.47. The molecule has 0 aromatic heterocycles. The highest BCUT2D eigenvalue weighted by molar-refractivity contribution is 5.00. The Balaban J connectivity index is 1.89. The first-order valence-electron chi connectivity index (χ1n) is 5.27. The van der Waals surface area contributed by atoms with Crippen LogP contribution >= 0.6 is 0 Å². The van der Waals surface area contributed by atoms with E-state index in [0.29, 0.717) is 11.8 Å². The van der Waals surface area contributed by atoms with Crippen molar-refractivity contribution < 1.29 is 14.6 Å². The number of ether oxygens (including phenoxy) is 2. The Morgan fingerprint density at radius 1 is 1.00 bits per heavy atom. The van der Waals surface area contributed by atoms with Gasteiger partial charge in [-0.15, -0.1) is 0 Å². The molecule has 3 nitrogen and oxygen atoms in total. The highest BCUT2D eigenvalue weighted by atomic mass is 16.7. The Kier molecular flexibility index (Phi) is 1.70. The van der Waals surface area contributed by atoms with E-state index in [1.54, 1.807) is 0 Å². The third kappa shape index (κ3) is 1.01. The zero-order chi connectivity index (χ0) is 8.89. The normalized spacial score (nSPS) is 47.3. The SMILES string of the molecule is OC1C[C@@H]2CC[C@@H](C1)C21OCCO1. The predicted octanol–water partition coefficient (Wildman–Crippen LogP) is 0.910. The van der Waals surface area contributed by atoms with Crippen LogP contribution in [0.25, 0.3) is 0 Å². The first-order valence-corrected chi connectivity index (χ1v) is 5.27. The second kappa shape index (κ2) is 2.69. The van der Waals surface area contributed by atoms with Crippen molar-refractivity contribution in [1.82, 2.24) is 0 Å². The molecule has 0 aromatic carbocycles. The van der Waals surface area contributed by atoms with Gasteiger partial charge in [0, 0.05) is 11.8 Å². The molecule has 74 valence electrons. The van der Waals surface area contributed by atoms with E-state index in [1.807, 2.05) is 0 Å². The topological polar surface area (TPSA) is 38.7 Å². The van der Waals surface area contributed by atoms with Crippen LogP contribution in [-0.4, -0.2) is 30.2 Å². The maximum absolute atomic E-state index is 9.62. The smallest absolute Gasteiger partial charge is 0.174 e. The first-order chi connectivity index (χ1) is 6.31. The van der Waals surface area contributed by atoms with Crippen LogP contribution in [0.2, 0.25) is 0 Å². The summed E-state index contributed by atoms with van der Waals surface area (Å²) in [6.07, 6.45) is 3.96. The molecule has 1 aliphatic heterocycles. The molecule has 0 unspecified atom stereocenters. The molecule has 1 spiro atoms. The summed E-state index contributed by atoms with van der Waals surface area (Å²) in [5.74, 6) is 0.617. The van der Waals surface area contributed by atoms with Crippen LogP contribution in [0.15, 0.2) is 0 Å². The number of hydrogen-bond acceptors (Lipinski definition) is 3. The molecule has 0 aromatic rings. The molecule has 0 amide bonds. The summed E-state index contributed by atoms with van der Waals surface area (Å²) in [4.78, 5) is 0. The fourth-order valence-corrected chi connectivity index (χ4v) is 3.37. The van der Waals surface area contributed by atoms with Gasteiger partial charge in [-0.2, -0.15) is 0 Å². The van der Waals surface area contributed by atoms with Gasteiger partial charge in [0.05, 0.1) is 19.3 Å². The van der Waals surface area contributed by atoms with Gasteiger partial charge in [-0.25, -0.2) is 0 Å². The zero-order valence-corrected chi connectivity index (χ0v) is 7.74. The highest BCUT2D eigenvalue weighted by Gasteiger charge is 2.57. The van der Waals surface area contributed by atoms with Gasteiger partial charge in [0.1, 0.15) is 0 Å². The molecule has 1 saturated heterocycles. The Bertz CT molecular complexity index is 194. The van der Waals surface area contributed by atoms with E-state index in [2.05, 4.69) is 0 Å². The van der Waals surface area contributed by atoms with Gasteiger partial charge in [0.25, 0.3) is 0 Å². The van der Waals surface area contributed by atoms with Crippen LogP contribution in [0.5, 0.6) is 0 Å². The third-order valence-corrected chi connectivity index (χ3v) is 3.85. The third-order valence-electron chi connectivity index (χ3n) is 3.85. The molecule has 3 heteroatoms. The molecular weight excluding hydrogens is 168 g/mol. The Morgan fingerprint density at radius 2 is 1.54 bits per heavy atom. The number of aliphatic hydroxyl groups excluding tert-OH is 1. The standard InChI is InChI=1S/C10H16O3/c11-9-5-7-1-2-8(6-9)10(7)12-3-4-13-10/h7-9,11H,1-6H2/t7-,8-/m0/s1. The second-order valence-electron chi connectivity index (χ2n) is 4.51. The molecule has 13 heavy (non-hydrogen) atoms. The molecule has 0 radical (unpaired) electrons. The van der Waals surface area contributed by atoms with E-state index >= 15 is 0 Å². The molecule has 2 saturated carbocycles. The van der Waals surface area contributed by atoms with E-state index in [9.17, 15) is 5.11 Å². The molecule has 1 heterocycles. The van der Waals surface area contributed by atoms with Crippen molar-refractivity contribution in [1.29, 1.82) is 0 Å². The number of rotatable bonds is 0. The molecule has 1 N–H and O–H groups in total. The van der Waals surface area contributed by atoms with Gasteiger partial charge in [-0.05, 0) is 25.7 Å². The fraction of sp³-hybridized carbons (Fsp3) is 1.00. The monoisotopic (exact) mass is 184 g/mol. The van der Waals surface area contributed by atoms with Gasteiger partial charge in [-0.1, -0.05) is 0 Å².